The molecule has 1 aliphatic rings. The van der Waals surface area contributed by atoms with E-state index in [9.17, 15) is 14.4 Å². The second-order valence-corrected chi connectivity index (χ2v) is 8.12. The summed E-state index contributed by atoms with van der Waals surface area (Å²) in [5.41, 5.74) is 12.8. The Kier molecular flexibility index (Phi) is 4.91. The molecule has 0 saturated heterocycles. The van der Waals surface area contributed by atoms with Gasteiger partial charge in [-0.3, -0.25) is 9.89 Å². The molecule has 3 aromatic carbocycles. The number of halogens is 1. The van der Waals surface area contributed by atoms with Gasteiger partial charge in [0.15, 0.2) is 0 Å². The van der Waals surface area contributed by atoms with Gasteiger partial charge in [-0.1, -0.05) is 24.3 Å². The fourth-order valence-electron chi connectivity index (χ4n) is 4.29. The average Bonchev–Trinajstić information content (AvgIpc) is 3.35. The van der Waals surface area contributed by atoms with Crippen LogP contribution in [0.3, 0.4) is 0 Å². The zero-order chi connectivity index (χ0) is 23.1. The Hall–Kier alpha value is -4.44. The number of H-pyrrole nitrogens is 1. The van der Waals surface area contributed by atoms with Gasteiger partial charge in [0.05, 0.1) is 29.4 Å². The van der Waals surface area contributed by atoms with Gasteiger partial charge in [0.25, 0.3) is 5.91 Å². The zero-order valence-corrected chi connectivity index (χ0v) is 17.9. The topological polar surface area (TPSA) is 98.8 Å². The molecule has 0 aliphatic carbocycles. The highest BCUT2D eigenvalue weighted by Crippen LogP contribution is 2.37. The molecule has 4 aromatic rings. The van der Waals surface area contributed by atoms with Gasteiger partial charge in [-0.2, -0.15) is 10.4 Å². The van der Waals surface area contributed by atoms with Crippen LogP contribution in [0.1, 0.15) is 27.2 Å². The highest BCUT2D eigenvalue weighted by atomic mass is 19.1. The first-order chi connectivity index (χ1) is 15.9. The standard InChI is InChI=1S/C26H20FN5O/c1-15-21-11-18(4-9-24(21)31-30-15)20-7-8-23(29)25-22(20)14-32(26(25)33)13-17(12-28)10-16-2-5-19(27)6-3-16/h2-11H,13-14,29H2,1H3,(H,30,31)/b17-10+. The lowest BCUT2D eigenvalue weighted by Gasteiger charge is -2.15. The van der Waals surface area contributed by atoms with Crippen molar-refractivity contribution >= 4 is 28.6 Å². The summed E-state index contributed by atoms with van der Waals surface area (Å²) in [5.74, 6) is -0.548. The summed E-state index contributed by atoms with van der Waals surface area (Å²) >= 11 is 0. The quantitative estimate of drug-likeness (QED) is 0.353. The summed E-state index contributed by atoms with van der Waals surface area (Å²) in [7, 11) is 0. The Balaban J connectivity index is 1.49. The van der Waals surface area contributed by atoms with Crippen LogP contribution in [0, 0.1) is 24.1 Å². The molecule has 0 saturated carbocycles. The van der Waals surface area contributed by atoms with E-state index in [1.54, 1.807) is 29.2 Å². The highest BCUT2D eigenvalue weighted by molar-refractivity contribution is 6.05. The Morgan fingerprint density at radius 2 is 2.03 bits per heavy atom. The predicted molar refractivity (Wildman–Crippen MR) is 125 cm³/mol. The molecule has 1 amide bonds. The van der Waals surface area contributed by atoms with Crippen LogP contribution in [-0.2, 0) is 6.54 Å². The number of fused-ring (bicyclic) bond motifs is 2. The van der Waals surface area contributed by atoms with E-state index in [-0.39, 0.29) is 18.3 Å². The number of nitrogens with zero attached hydrogens (tertiary/aromatic N) is 3. The van der Waals surface area contributed by atoms with Crippen molar-refractivity contribution in [2.24, 2.45) is 0 Å². The molecule has 0 atom stereocenters. The third kappa shape index (κ3) is 3.62. The van der Waals surface area contributed by atoms with Crippen LogP contribution < -0.4 is 5.73 Å². The molecule has 1 aromatic heterocycles. The summed E-state index contributed by atoms with van der Waals surface area (Å²) in [5, 5.41) is 17.9. The smallest absolute Gasteiger partial charge is 0.256 e. The normalized spacial score (nSPS) is 13.4. The van der Waals surface area contributed by atoms with Gasteiger partial charge in [0, 0.05) is 23.2 Å². The molecule has 1 aliphatic heterocycles. The van der Waals surface area contributed by atoms with Gasteiger partial charge in [-0.05, 0) is 65.6 Å². The number of nitriles is 1. The average molecular weight is 437 g/mol. The summed E-state index contributed by atoms with van der Waals surface area (Å²) in [6.45, 7) is 2.43. The van der Waals surface area contributed by atoms with Gasteiger partial charge in [-0.25, -0.2) is 4.39 Å². The molecular weight excluding hydrogens is 417 g/mol. The molecule has 7 heteroatoms. The van der Waals surface area contributed by atoms with Crippen LogP contribution in [0.15, 0.2) is 60.2 Å². The maximum Gasteiger partial charge on any atom is 0.256 e. The van der Waals surface area contributed by atoms with E-state index in [1.165, 1.54) is 12.1 Å². The van der Waals surface area contributed by atoms with Crippen molar-refractivity contribution in [1.82, 2.24) is 15.1 Å². The van der Waals surface area contributed by atoms with Crippen molar-refractivity contribution in [1.29, 1.82) is 5.26 Å². The van der Waals surface area contributed by atoms with Gasteiger partial charge in [0.2, 0.25) is 0 Å². The molecule has 6 nitrogen and oxygen atoms in total. The maximum absolute atomic E-state index is 13.2. The van der Waals surface area contributed by atoms with E-state index >= 15 is 0 Å². The molecule has 0 bridgehead atoms. The van der Waals surface area contributed by atoms with Crippen LogP contribution in [0.25, 0.3) is 28.1 Å². The van der Waals surface area contributed by atoms with Crippen LogP contribution in [0.4, 0.5) is 10.1 Å². The third-order valence-corrected chi connectivity index (χ3v) is 5.98. The number of aromatic nitrogens is 2. The van der Waals surface area contributed by atoms with Gasteiger partial charge in [-0.15, -0.1) is 0 Å². The lowest BCUT2D eigenvalue weighted by Crippen LogP contribution is -2.26. The predicted octanol–water partition coefficient (Wildman–Crippen LogP) is 4.82. The van der Waals surface area contributed by atoms with Gasteiger partial charge >= 0.3 is 0 Å². The zero-order valence-electron chi connectivity index (χ0n) is 17.9. The molecule has 2 heterocycles. The minimum atomic E-state index is -0.345. The van der Waals surface area contributed by atoms with E-state index in [1.807, 2.05) is 25.1 Å². The second kappa shape index (κ2) is 7.92. The van der Waals surface area contributed by atoms with E-state index in [4.69, 9.17) is 5.73 Å². The summed E-state index contributed by atoms with van der Waals surface area (Å²) in [4.78, 5) is 14.8. The lowest BCUT2D eigenvalue weighted by molar-refractivity contribution is 0.0795. The first-order valence-corrected chi connectivity index (χ1v) is 10.5. The Morgan fingerprint density at radius 1 is 1.24 bits per heavy atom. The monoisotopic (exact) mass is 437 g/mol. The first-order valence-electron chi connectivity index (χ1n) is 10.5. The Labute approximate surface area is 189 Å². The van der Waals surface area contributed by atoms with Crippen LogP contribution in [0.2, 0.25) is 0 Å². The minimum Gasteiger partial charge on any atom is -0.398 e. The van der Waals surface area contributed by atoms with Crippen molar-refractivity contribution in [2.45, 2.75) is 13.5 Å². The molecule has 33 heavy (non-hydrogen) atoms. The largest absolute Gasteiger partial charge is 0.398 e. The first kappa shape index (κ1) is 20.5. The van der Waals surface area contributed by atoms with Crippen LogP contribution in [-0.4, -0.2) is 27.5 Å². The van der Waals surface area contributed by atoms with Crippen molar-refractivity contribution in [3.8, 4) is 17.2 Å². The highest BCUT2D eigenvalue weighted by Gasteiger charge is 2.32. The summed E-state index contributed by atoms with van der Waals surface area (Å²) in [6, 6.07) is 17.7. The molecule has 0 fully saturated rings. The third-order valence-electron chi connectivity index (χ3n) is 5.98. The molecule has 0 radical (unpaired) electrons. The number of nitrogens with one attached hydrogen (secondary N) is 1. The van der Waals surface area contributed by atoms with E-state index in [0.29, 0.717) is 28.9 Å². The van der Waals surface area contributed by atoms with Crippen molar-refractivity contribution in [3.63, 3.8) is 0 Å². The van der Waals surface area contributed by atoms with Crippen LogP contribution >= 0.6 is 0 Å². The van der Waals surface area contributed by atoms with Crippen molar-refractivity contribution < 1.29 is 9.18 Å². The van der Waals surface area contributed by atoms with Crippen molar-refractivity contribution in [2.75, 3.05) is 12.3 Å². The number of hydrogen-bond acceptors (Lipinski definition) is 4. The fraction of sp³-hybridized carbons (Fsp3) is 0.115. The number of hydrogen-bond donors (Lipinski definition) is 2. The lowest BCUT2D eigenvalue weighted by atomic mass is 9.95. The summed E-state index contributed by atoms with van der Waals surface area (Å²) < 4.78 is 13.2. The molecule has 3 N–H and O–H groups in total. The fourth-order valence-corrected chi connectivity index (χ4v) is 4.29. The number of amides is 1. The minimum absolute atomic E-state index is 0.139. The van der Waals surface area contributed by atoms with Crippen molar-refractivity contribution in [3.05, 3.63) is 88.4 Å². The second-order valence-electron chi connectivity index (χ2n) is 8.12. The molecule has 162 valence electrons. The number of nitrogen functional groups attached to an aromatic ring is 1. The number of anilines is 1. The Bertz CT molecular complexity index is 1480. The summed E-state index contributed by atoms with van der Waals surface area (Å²) in [6.07, 6.45) is 1.66. The number of rotatable bonds is 4. The molecule has 5 rings (SSSR count). The Morgan fingerprint density at radius 3 is 2.79 bits per heavy atom. The number of aryl methyl sites for hydroxylation is 1. The number of aromatic amines is 1. The van der Waals surface area contributed by atoms with E-state index in [2.05, 4.69) is 22.3 Å². The maximum atomic E-state index is 13.2. The number of carbonyl (C=O) groups excluding carboxylic acids is 1. The van der Waals surface area contributed by atoms with Gasteiger partial charge in [0.1, 0.15) is 5.82 Å². The molecular formula is C26H20FN5O. The number of carbonyl (C=O) groups is 1. The molecule has 0 spiro atoms. The van der Waals surface area contributed by atoms with Crippen LogP contribution in [0.5, 0.6) is 0 Å². The van der Waals surface area contributed by atoms with E-state index < -0.39 is 0 Å². The SMILES string of the molecule is Cc1n[nH]c2ccc(-c3ccc(N)c4c3CN(C/C(C#N)=C/c3ccc(F)cc3)C4=O)cc12. The van der Waals surface area contributed by atoms with Gasteiger partial charge < -0.3 is 10.6 Å². The number of benzene rings is 3. The van der Waals surface area contributed by atoms with E-state index in [0.717, 1.165) is 33.3 Å². The number of nitrogens with two attached hydrogens (primary N) is 1. The molecule has 0 unspecified atom stereocenters.